The van der Waals surface area contributed by atoms with Gasteiger partial charge in [-0.3, -0.25) is 5.73 Å². The summed E-state index contributed by atoms with van der Waals surface area (Å²) in [7, 11) is 0. The first-order valence-corrected chi connectivity index (χ1v) is 6.72. The average Bonchev–Trinajstić information content (AvgIpc) is 2.55. The number of aromatic amines is 1. The van der Waals surface area contributed by atoms with Crippen molar-refractivity contribution >= 4 is 11.5 Å². The fraction of sp³-hybridized carbons (Fsp3) is 0.125. The molecule has 7 nitrogen and oxygen atoms in total. The maximum atomic E-state index is 9.35. The van der Waals surface area contributed by atoms with Gasteiger partial charge in [-0.1, -0.05) is 18.2 Å². The molecule has 0 radical (unpaired) electrons. The molecule has 7 heteroatoms. The molecule has 110 valence electrons. The number of nitriles is 3. The topological polar surface area (TPSA) is 147 Å². The minimum atomic E-state index is -0.982. The van der Waals surface area contributed by atoms with E-state index in [0.717, 1.165) is 0 Å². The van der Waals surface area contributed by atoms with Gasteiger partial charge in [-0.05, 0) is 6.07 Å². The predicted molar refractivity (Wildman–Crippen MR) is 79.6 cm³/mol. The van der Waals surface area contributed by atoms with E-state index in [0.29, 0.717) is 16.9 Å². The summed E-state index contributed by atoms with van der Waals surface area (Å²) in [5.41, 5.74) is 13.2. The van der Waals surface area contributed by atoms with Crippen molar-refractivity contribution in [3.05, 3.63) is 41.0 Å². The number of para-hydroxylation sites is 1. The molecule has 1 atom stereocenters. The molecule has 1 aromatic heterocycles. The summed E-state index contributed by atoms with van der Waals surface area (Å²) in [4.78, 5) is 2.80. The zero-order valence-electron chi connectivity index (χ0n) is 11.9. The van der Waals surface area contributed by atoms with Gasteiger partial charge < -0.3 is 10.5 Å². The van der Waals surface area contributed by atoms with Gasteiger partial charge >= 0.3 is 0 Å². The summed E-state index contributed by atoms with van der Waals surface area (Å²) in [6.45, 7) is 0. The van der Waals surface area contributed by atoms with Crippen LogP contribution in [0.4, 0.5) is 11.5 Å². The first-order valence-electron chi connectivity index (χ1n) is 6.72. The third kappa shape index (κ3) is 1.98. The molecular formula is C16H11N6O+. The Labute approximate surface area is 131 Å². The van der Waals surface area contributed by atoms with Crippen molar-refractivity contribution in [1.82, 2.24) is 0 Å². The molecule has 2 heterocycles. The van der Waals surface area contributed by atoms with Crippen LogP contribution in [0.1, 0.15) is 22.6 Å². The molecule has 1 aromatic carbocycles. The van der Waals surface area contributed by atoms with Crippen LogP contribution in [0.25, 0.3) is 0 Å². The molecule has 0 saturated carbocycles. The number of nitrogens with two attached hydrogens (primary N) is 2. The first kappa shape index (κ1) is 14.2. The highest BCUT2D eigenvalue weighted by atomic mass is 16.5. The van der Waals surface area contributed by atoms with Crippen molar-refractivity contribution in [2.45, 2.75) is 5.92 Å². The summed E-state index contributed by atoms with van der Waals surface area (Å²) in [5, 5.41) is 27.9. The normalized spacial score (nSPS) is 14.6. The van der Waals surface area contributed by atoms with Gasteiger partial charge in [0.1, 0.15) is 17.7 Å². The molecule has 1 aliphatic heterocycles. The predicted octanol–water partition coefficient (Wildman–Crippen LogP) is 1.44. The summed E-state index contributed by atoms with van der Waals surface area (Å²) < 4.78 is 5.76. The molecule has 0 spiro atoms. The minimum Gasteiger partial charge on any atom is -0.423 e. The van der Waals surface area contributed by atoms with Crippen molar-refractivity contribution in [3.63, 3.8) is 0 Å². The van der Waals surface area contributed by atoms with E-state index in [1.807, 2.05) is 18.2 Å². The number of nitrogens with one attached hydrogen (secondary N) is 1. The van der Waals surface area contributed by atoms with E-state index in [4.69, 9.17) is 16.2 Å². The van der Waals surface area contributed by atoms with E-state index in [9.17, 15) is 15.8 Å². The molecule has 2 aromatic rings. The van der Waals surface area contributed by atoms with E-state index in [2.05, 4.69) is 4.98 Å². The average molecular weight is 303 g/mol. The number of H-pyrrole nitrogens is 1. The van der Waals surface area contributed by atoms with Crippen molar-refractivity contribution in [1.29, 1.82) is 15.8 Å². The maximum Gasteiger partial charge on any atom is 0.293 e. The number of fused-ring (bicyclic) bond motifs is 2. The number of rotatable bonds is 1. The van der Waals surface area contributed by atoms with Crippen molar-refractivity contribution in [3.8, 4) is 29.8 Å². The van der Waals surface area contributed by atoms with Crippen molar-refractivity contribution in [2.24, 2.45) is 5.92 Å². The molecule has 0 amide bonds. The van der Waals surface area contributed by atoms with Gasteiger partial charge in [0.05, 0.1) is 29.3 Å². The van der Waals surface area contributed by atoms with Gasteiger partial charge in [0, 0.05) is 5.56 Å². The summed E-state index contributed by atoms with van der Waals surface area (Å²) in [6, 6.07) is 13.0. The van der Waals surface area contributed by atoms with E-state index < -0.39 is 11.8 Å². The van der Waals surface area contributed by atoms with Crippen LogP contribution in [-0.2, 0) is 0 Å². The zero-order valence-corrected chi connectivity index (χ0v) is 11.9. The van der Waals surface area contributed by atoms with Crippen LogP contribution in [0, 0.1) is 39.9 Å². The second-order valence-corrected chi connectivity index (χ2v) is 5.04. The zero-order chi connectivity index (χ0) is 16.6. The van der Waals surface area contributed by atoms with Crippen LogP contribution in [0.3, 0.4) is 0 Å². The van der Waals surface area contributed by atoms with Gasteiger partial charge in [0.15, 0.2) is 5.56 Å². The lowest BCUT2D eigenvalue weighted by molar-refractivity contribution is -0.375. The smallest absolute Gasteiger partial charge is 0.293 e. The van der Waals surface area contributed by atoms with E-state index in [1.54, 1.807) is 24.3 Å². The van der Waals surface area contributed by atoms with Gasteiger partial charge in [0.25, 0.3) is 11.7 Å². The minimum absolute atomic E-state index is 0.0753. The molecule has 0 bridgehead atoms. The Kier molecular flexibility index (Phi) is 3.22. The first-order chi connectivity index (χ1) is 11.1. The highest BCUT2D eigenvalue weighted by Gasteiger charge is 2.39. The highest BCUT2D eigenvalue weighted by molar-refractivity contribution is 5.71. The number of benzene rings is 1. The van der Waals surface area contributed by atoms with Crippen LogP contribution >= 0.6 is 0 Å². The Morgan fingerprint density at radius 1 is 1.13 bits per heavy atom. The number of pyridine rings is 1. The SMILES string of the molecule is N#Cc1c(N)[nH+]c2c(c1N)[C@@H](C(C#N)C#N)c1ccccc1O2. The second-order valence-electron chi connectivity index (χ2n) is 5.04. The Bertz CT molecular complexity index is 917. The quantitative estimate of drug-likeness (QED) is 0.814. The number of ether oxygens (including phenoxy) is 1. The van der Waals surface area contributed by atoms with E-state index in [-0.39, 0.29) is 22.9 Å². The molecule has 0 fully saturated rings. The molecular weight excluding hydrogens is 292 g/mol. The molecule has 23 heavy (non-hydrogen) atoms. The lowest BCUT2D eigenvalue weighted by atomic mass is 9.79. The third-order valence-electron chi connectivity index (χ3n) is 3.82. The lowest BCUT2D eigenvalue weighted by Gasteiger charge is -2.28. The lowest BCUT2D eigenvalue weighted by Crippen LogP contribution is -2.26. The fourth-order valence-electron chi connectivity index (χ4n) is 2.78. The fourth-order valence-corrected chi connectivity index (χ4v) is 2.78. The number of hydrogen-bond acceptors (Lipinski definition) is 6. The van der Waals surface area contributed by atoms with Gasteiger partial charge in [-0.2, -0.15) is 15.8 Å². The molecule has 1 aliphatic rings. The number of aromatic nitrogens is 1. The number of nitrogens with zero attached hydrogens (tertiary/aromatic N) is 3. The highest BCUT2D eigenvalue weighted by Crippen LogP contribution is 2.48. The summed E-state index contributed by atoms with van der Waals surface area (Å²) in [5.74, 6) is -0.774. The van der Waals surface area contributed by atoms with Crippen molar-refractivity contribution < 1.29 is 9.72 Å². The standard InChI is InChI=1S/C16H10N6O/c17-5-8(6-18)12-9-3-1-2-4-11(9)23-16-13(12)14(20)10(7-19)15(21)22-16/h1-4,8,12H,(H4,20,21,22)/p+1/t12-/m0/s1. The Hall–Kier alpha value is -3.76. The molecule has 0 unspecified atom stereocenters. The summed E-state index contributed by atoms with van der Waals surface area (Å²) in [6.07, 6.45) is 0. The molecule has 0 saturated heterocycles. The van der Waals surface area contributed by atoms with Gasteiger partial charge in [-0.15, -0.1) is 0 Å². The van der Waals surface area contributed by atoms with Crippen LogP contribution in [0.5, 0.6) is 11.6 Å². The Morgan fingerprint density at radius 2 is 1.83 bits per heavy atom. The second kappa shape index (κ2) is 5.22. The number of anilines is 2. The maximum absolute atomic E-state index is 9.35. The van der Waals surface area contributed by atoms with Gasteiger partial charge in [0.2, 0.25) is 0 Å². The van der Waals surface area contributed by atoms with E-state index >= 15 is 0 Å². The Morgan fingerprint density at radius 3 is 2.48 bits per heavy atom. The molecule has 3 rings (SSSR count). The van der Waals surface area contributed by atoms with Crippen LogP contribution < -0.4 is 21.2 Å². The van der Waals surface area contributed by atoms with Crippen molar-refractivity contribution in [2.75, 3.05) is 11.5 Å². The van der Waals surface area contributed by atoms with Crippen LogP contribution in [0.15, 0.2) is 24.3 Å². The number of hydrogen-bond donors (Lipinski definition) is 2. The monoisotopic (exact) mass is 303 g/mol. The van der Waals surface area contributed by atoms with Gasteiger partial charge in [-0.25, -0.2) is 4.98 Å². The largest absolute Gasteiger partial charge is 0.423 e. The van der Waals surface area contributed by atoms with E-state index in [1.165, 1.54) is 0 Å². The molecule has 0 aliphatic carbocycles. The number of nitrogen functional groups attached to an aromatic ring is 2. The summed E-state index contributed by atoms with van der Waals surface area (Å²) >= 11 is 0. The third-order valence-corrected chi connectivity index (χ3v) is 3.82. The van der Waals surface area contributed by atoms with Crippen LogP contribution in [-0.4, -0.2) is 0 Å². The van der Waals surface area contributed by atoms with Crippen LogP contribution in [0.2, 0.25) is 0 Å². The Balaban J connectivity index is 2.36. The molecule has 5 N–H and O–H groups in total.